The van der Waals surface area contributed by atoms with Crippen LogP contribution in [-0.2, 0) is 4.79 Å². The van der Waals surface area contributed by atoms with Gasteiger partial charge in [0.2, 0.25) is 0 Å². The summed E-state index contributed by atoms with van der Waals surface area (Å²) in [4.78, 5) is 24.9. The molecule has 7 heteroatoms. The van der Waals surface area contributed by atoms with Crippen molar-refractivity contribution in [1.29, 1.82) is 5.26 Å². The van der Waals surface area contributed by atoms with Gasteiger partial charge in [0.15, 0.2) is 0 Å². The number of thioether (sulfide) groups is 1. The molecule has 1 aromatic rings. The Bertz CT molecular complexity index is 582. The minimum absolute atomic E-state index is 0.135. The molecule has 2 atom stereocenters. The molecule has 1 fully saturated rings. The number of amides is 2. The topological polar surface area (TPSA) is 93.4 Å². The zero-order valence-corrected chi connectivity index (χ0v) is 12.3. The van der Waals surface area contributed by atoms with Crippen molar-refractivity contribution in [1.82, 2.24) is 4.90 Å². The Kier molecular flexibility index (Phi) is 4.70. The second-order valence-electron chi connectivity index (χ2n) is 4.58. The standard InChI is InChI=1S/C14H15N3O3S/c1-2-12-17(11(8-21-12)13(18)19)14(20)16-10-5-3-9(7-15)4-6-10/h3-6,11-12H,2,8H2,1H3,(H,16,20)(H,18,19). The molecule has 0 bridgehead atoms. The number of carbonyl (C=O) groups is 2. The van der Waals surface area contributed by atoms with E-state index in [1.807, 2.05) is 13.0 Å². The highest BCUT2D eigenvalue weighted by Gasteiger charge is 2.40. The number of urea groups is 1. The molecule has 1 saturated heterocycles. The molecule has 2 rings (SSSR count). The van der Waals surface area contributed by atoms with Crippen LogP contribution in [0.3, 0.4) is 0 Å². The van der Waals surface area contributed by atoms with Gasteiger partial charge in [0, 0.05) is 11.4 Å². The lowest BCUT2D eigenvalue weighted by Crippen LogP contribution is -2.47. The van der Waals surface area contributed by atoms with E-state index in [-0.39, 0.29) is 5.37 Å². The Balaban J connectivity index is 2.13. The summed E-state index contributed by atoms with van der Waals surface area (Å²) in [6.45, 7) is 1.92. The van der Waals surface area contributed by atoms with Crippen LogP contribution < -0.4 is 5.32 Å². The van der Waals surface area contributed by atoms with Crippen molar-refractivity contribution in [2.75, 3.05) is 11.1 Å². The molecule has 21 heavy (non-hydrogen) atoms. The average molecular weight is 305 g/mol. The van der Waals surface area contributed by atoms with Crippen molar-refractivity contribution < 1.29 is 14.7 Å². The summed E-state index contributed by atoms with van der Waals surface area (Å²) in [5.74, 6) is -0.595. The van der Waals surface area contributed by atoms with E-state index in [0.717, 1.165) is 0 Å². The molecular weight excluding hydrogens is 290 g/mol. The van der Waals surface area contributed by atoms with E-state index in [4.69, 9.17) is 5.26 Å². The largest absolute Gasteiger partial charge is 0.480 e. The van der Waals surface area contributed by atoms with Crippen molar-refractivity contribution in [2.45, 2.75) is 24.8 Å². The number of hydrogen-bond acceptors (Lipinski definition) is 4. The summed E-state index contributed by atoms with van der Waals surface area (Å²) in [5, 5.41) is 20.5. The predicted octanol–water partition coefficient (Wildman–Crippen LogP) is 2.33. The smallest absolute Gasteiger partial charge is 0.327 e. The third-order valence-corrected chi connectivity index (χ3v) is 4.68. The highest BCUT2D eigenvalue weighted by Crippen LogP contribution is 2.31. The monoisotopic (exact) mass is 305 g/mol. The third-order valence-electron chi connectivity index (χ3n) is 3.23. The van der Waals surface area contributed by atoms with Gasteiger partial charge in [-0.05, 0) is 30.7 Å². The summed E-state index contributed by atoms with van der Waals surface area (Å²) in [5.41, 5.74) is 1.04. The van der Waals surface area contributed by atoms with Crippen LogP contribution in [0.25, 0.3) is 0 Å². The van der Waals surface area contributed by atoms with Gasteiger partial charge in [0.05, 0.1) is 17.0 Å². The Morgan fingerprint density at radius 3 is 2.67 bits per heavy atom. The van der Waals surface area contributed by atoms with Gasteiger partial charge in [-0.3, -0.25) is 4.90 Å². The lowest BCUT2D eigenvalue weighted by atomic mass is 10.2. The first kappa shape index (κ1) is 15.2. The number of nitrogens with zero attached hydrogens (tertiary/aromatic N) is 2. The minimum Gasteiger partial charge on any atom is -0.480 e. The van der Waals surface area contributed by atoms with Gasteiger partial charge in [-0.15, -0.1) is 11.8 Å². The van der Waals surface area contributed by atoms with Gasteiger partial charge >= 0.3 is 12.0 Å². The first-order valence-electron chi connectivity index (χ1n) is 6.50. The van der Waals surface area contributed by atoms with E-state index < -0.39 is 18.0 Å². The van der Waals surface area contributed by atoms with E-state index in [9.17, 15) is 14.7 Å². The third kappa shape index (κ3) is 3.28. The van der Waals surface area contributed by atoms with Gasteiger partial charge in [-0.1, -0.05) is 6.92 Å². The van der Waals surface area contributed by atoms with Crippen LogP contribution in [-0.4, -0.2) is 39.2 Å². The van der Waals surface area contributed by atoms with Crippen LogP contribution in [0.2, 0.25) is 0 Å². The molecule has 0 aliphatic carbocycles. The Morgan fingerprint density at radius 1 is 1.48 bits per heavy atom. The molecule has 1 aromatic carbocycles. The average Bonchev–Trinajstić information content (AvgIpc) is 2.92. The van der Waals surface area contributed by atoms with Crippen LogP contribution in [0, 0.1) is 11.3 Å². The number of carboxylic acids is 1. The molecule has 1 aliphatic rings. The summed E-state index contributed by atoms with van der Waals surface area (Å²) >= 11 is 1.47. The van der Waals surface area contributed by atoms with Crippen molar-refractivity contribution in [3.05, 3.63) is 29.8 Å². The van der Waals surface area contributed by atoms with Crippen LogP contribution >= 0.6 is 11.8 Å². The van der Waals surface area contributed by atoms with E-state index in [1.54, 1.807) is 24.3 Å². The molecule has 2 unspecified atom stereocenters. The highest BCUT2D eigenvalue weighted by molar-refractivity contribution is 8.00. The Labute approximate surface area is 126 Å². The van der Waals surface area contributed by atoms with Crippen molar-refractivity contribution in [2.24, 2.45) is 0 Å². The SMILES string of the molecule is CCC1SCC(C(=O)O)N1C(=O)Nc1ccc(C#N)cc1. The minimum atomic E-state index is -0.992. The van der Waals surface area contributed by atoms with E-state index in [1.165, 1.54) is 16.7 Å². The number of carbonyl (C=O) groups excluding carboxylic acids is 1. The Morgan fingerprint density at radius 2 is 2.14 bits per heavy atom. The maximum absolute atomic E-state index is 12.3. The quantitative estimate of drug-likeness (QED) is 0.894. The van der Waals surface area contributed by atoms with Gasteiger partial charge in [-0.25, -0.2) is 9.59 Å². The number of hydrogen-bond donors (Lipinski definition) is 2. The lowest BCUT2D eigenvalue weighted by molar-refractivity contribution is -0.141. The molecular formula is C14H15N3O3S. The summed E-state index contributed by atoms with van der Waals surface area (Å²) in [6.07, 6.45) is 0.690. The van der Waals surface area contributed by atoms with Gasteiger partial charge < -0.3 is 10.4 Å². The normalized spacial score (nSPS) is 20.9. The van der Waals surface area contributed by atoms with Crippen molar-refractivity contribution >= 4 is 29.4 Å². The number of aliphatic carboxylic acids is 1. The van der Waals surface area contributed by atoms with Crippen LogP contribution in [0.5, 0.6) is 0 Å². The molecule has 0 saturated carbocycles. The number of anilines is 1. The fourth-order valence-electron chi connectivity index (χ4n) is 2.16. The van der Waals surface area contributed by atoms with Gasteiger partial charge in [-0.2, -0.15) is 5.26 Å². The van der Waals surface area contributed by atoms with Crippen molar-refractivity contribution in [3.63, 3.8) is 0 Å². The number of carboxylic acid groups (broad SMARTS) is 1. The summed E-state index contributed by atoms with van der Waals surface area (Å²) < 4.78 is 0. The zero-order chi connectivity index (χ0) is 15.4. The fourth-order valence-corrected chi connectivity index (χ4v) is 3.50. The maximum atomic E-state index is 12.3. The molecule has 2 N–H and O–H groups in total. The summed E-state index contributed by atoms with van der Waals surface area (Å²) in [7, 11) is 0. The van der Waals surface area contributed by atoms with Gasteiger partial charge in [0.1, 0.15) is 6.04 Å². The van der Waals surface area contributed by atoms with Gasteiger partial charge in [0.25, 0.3) is 0 Å². The van der Waals surface area contributed by atoms with Crippen molar-refractivity contribution in [3.8, 4) is 6.07 Å². The fraction of sp³-hybridized carbons (Fsp3) is 0.357. The van der Waals surface area contributed by atoms with E-state index in [2.05, 4.69) is 5.32 Å². The summed E-state index contributed by atoms with van der Waals surface area (Å²) in [6, 6.07) is 7.20. The molecule has 1 heterocycles. The van der Waals surface area contributed by atoms with Crippen LogP contribution in [0.15, 0.2) is 24.3 Å². The van der Waals surface area contributed by atoms with Crippen LogP contribution in [0.1, 0.15) is 18.9 Å². The van der Waals surface area contributed by atoms with Crippen LogP contribution in [0.4, 0.5) is 10.5 Å². The molecule has 0 aromatic heterocycles. The van der Waals surface area contributed by atoms with E-state index >= 15 is 0 Å². The number of rotatable bonds is 3. The molecule has 110 valence electrons. The highest BCUT2D eigenvalue weighted by atomic mass is 32.2. The number of benzene rings is 1. The molecule has 1 aliphatic heterocycles. The molecule has 6 nitrogen and oxygen atoms in total. The number of nitrogens with one attached hydrogen (secondary N) is 1. The Hall–Kier alpha value is -2.20. The second-order valence-corrected chi connectivity index (χ2v) is 5.79. The number of nitriles is 1. The zero-order valence-electron chi connectivity index (χ0n) is 11.4. The maximum Gasteiger partial charge on any atom is 0.327 e. The second kappa shape index (κ2) is 6.50. The first-order chi connectivity index (χ1) is 10.1. The molecule has 0 radical (unpaired) electrons. The molecule has 2 amide bonds. The first-order valence-corrected chi connectivity index (χ1v) is 7.55. The van der Waals surface area contributed by atoms with E-state index in [0.29, 0.717) is 23.4 Å². The lowest BCUT2D eigenvalue weighted by Gasteiger charge is -2.26. The molecule has 0 spiro atoms. The predicted molar refractivity (Wildman–Crippen MR) is 80.0 cm³/mol.